The number of hydrogen-bond donors (Lipinski definition) is 1. The van der Waals surface area contributed by atoms with Crippen LogP contribution in [0.1, 0.15) is 5.56 Å². The first kappa shape index (κ1) is 16.6. The van der Waals surface area contributed by atoms with Crippen LogP contribution in [0.3, 0.4) is 0 Å². The van der Waals surface area contributed by atoms with Gasteiger partial charge >= 0.3 is 0 Å². The van der Waals surface area contributed by atoms with Gasteiger partial charge in [0.2, 0.25) is 10.8 Å². The van der Waals surface area contributed by atoms with Crippen LogP contribution in [0.25, 0.3) is 38.3 Å². The molecule has 7 nitrogen and oxygen atoms in total. The van der Waals surface area contributed by atoms with E-state index >= 15 is 0 Å². The summed E-state index contributed by atoms with van der Waals surface area (Å²) in [5.74, 6) is 1.45. The highest BCUT2D eigenvalue weighted by Crippen LogP contribution is 2.29. The van der Waals surface area contributed by atoms with Gasteiger partial charge in [-0.25, -0.2) is 0 Å². The summed E-state index contributed by atoms with van der Waals surface area (Å²) in [5.41, 5.74) is 4.86. The number of rotatable bonds is 4. The molecule has 28 heavy (non-hydrogen) atoms. The number of H-pyrrole nitrogens is 1. The van der Waals surface area contributed by atoms with Crippen molar-refractivity contribution in [2.75, 3.05) is 7.11 Å². The Balaban J connectivity index is 1.51. The number of hydrogen-bond acceptors (Lipinski definition) is 6. The summed E-state index contributed by atoms with van der Waals surface area (Å²) in [5, 5.41) is 21.6. The lowest BCUT2D eigenvalue weighted by Crippen LogP contribution is -1.91. The van der Waals surface area contributed by atoms with E-state index in [-0.39, 0.29) is 0 Å². The first-order chi connectivity index (χ1) is 13.7. The second kappa shape index (κ2) is 6.58. The molecule has 0 aliphatic rings. The molecule has 0 amide bonds. The zero-order chi connectivity index (χ0) is 19.1. The highest BCUT2D eigenvalue weighted by Gasteiger charge is 2.16. The third kappa shape index (κ3) is 2.84. The third-order valence-corrected chi connectivity index (χ3v) is 5.44. The number of fused-ring (bicyclic) bond motifs is 1. The van der Waals surface area contributed by atoms with E-state index in [4.69, 9.17) is 9.84 Å². The lowest BCUT2D eigenvalue weighted by molar-refractivity contribution is 0.415. The maximum Gasteiger partial charge on any atom is 0.235 e. The van der Waals surface area contributed by atoms with E-state index in [2.05, 4.69) is 51.6 Å². The van der Waals surface area contributed by atoms with Gasteiger partial charge in [-0.15, -0.1) is 10.2 Å². The predicted octanol–water partition coefficient (Wildman–Crippen LogP) is 4.23. The van der Waals surface area contributed by atoms with Crippen molar-refractivity contribution >= 4 is 16.3 Å². The summed E-state index contributed by atoms with van der Waals surface area (Å²) in [7, 11) is 1.65. The third-order valence-electron chi connectivity index (χ3n) is 4.49. The molecule has 0 aliphatic carbocycles. The SMILES string of the molecule is COc1ccc(-c2cc(-c3nnc4sc(-c5ccc(C)cc5)nn34)[nH]n2)cc1. The second-order valence-electron chi connectivity index (χ2n) is 6.39. The van der Waals surface area contributed by atoms with Crippen molar-refractivity contribution in [1.82, 2.24) is 30.0 Å². The van der Waals surface area contributed by atoms with Gasteiger partial charge in [-0.05, 0) is 37.3 Å². The van der Waals surface area contributed by atoms with Gasteiger partial charge in [-0.3, -0.25) is 5.10 Å². The molecule has 0 radical (unpaired) electrons. The summed E-state index contributed by atoms with van der Waals surface area (Å²) in [4.78, 5) is 0.742. The molecule has 0 bridgehead atoms. The quantitative estimate of drug-likeness (QED) is 0.498. The lowest BCUT2D eigenvalue weighted by Gasteiger charge is -1.99. The van der Waals surface area contributed by atoms with E-state index < -0.39 is 0 Å². The average molecular weight is 388 g/mol. The lowest BCUT2D eigenvalue weighted by atomic mass is 10.1. The van der Waals surface area contributed by atoms with Crippen molar-refractivity contribution in [3.05, 3.63) is 60.2 Å². The summed E-state index contributed by atoms with van der Waals surface area (Å²) in [6.07, 6.45) is 0. The first-order valence-corrected chi connectivity index (χ1v) is 9.52. The Morgan fingerprint density at radius 2 is 1.71 bits per heavy atom. The van der Waals surface area contributed by atoms with Crippen LogP contribution in [0.2, 0.25) is 0 Å². The molecule has 3 aromatic heterocycles. The molecule has 2 aromatic carbocycles. The number of nitrogens with zero attached hydrogens (tertiary/aromatic N) is 5. The average Bonchev–Trinajstić information content (AvgIpc) is 3.44. The fourth-order valence-corrected chi connectivity index (χ4v) is 3.79. The van der Waals surface area contributed by atoms with Gasteiger partial charge in [0, 0.05) is 11.1 Å². The molecule has 0 aliphatic heterocycles. The van der Waals surface area contributed by atoms with Crippen LogP contribution < -0.4 is 4.74 Å². The van der Waals surface area contributed by atoms with Crippen molar-refractivity contribution in [3.8, 4) is 39.1 Å². The van der Waals surface area contributed by atoms with Crippen LogP contribution >= 0.6 is 11.3 Å². The van der Waals surface area contributed by atoms with Gasteiger partial charge in [0.25, 0.3) is 0 Å². The van der Waals surface area contributed by atoms with Gasteiger partial charge in [0.05, 0.1) is 12.8 Å². The molecule has 0 atom stereocenters. The van der Waals surface area contributed by atoms with Crippen LogP contribution in [0.5, 0.6) is 5.75 Å². The summed E-state index contributed by atoms with van der Waals surface area (Å²) in [6.45, 7) is 2.07. The van der Waals surface area contributed by atoms with Gasteiger partial charge in [-0.1, -0.05) is 41.2 Å². The Kier molecular flexibility index (Phi) is 3.91. The minimum Gasteiger partial charge on any atom is -0.497 e. The van der Waals surface area contributed by atoms with Gasteiger partial charge in [0.15, 0.2) is 0 Å². The molecule has 8 heteroatoms. The number of nitrogens with one attached hydrogen (secondary N) is 1. The molecule has 1 N–H and O–H groups in total. The zero-order valence-corrected chi connectivity index (χ0v) is 16.1. The summed E-state index contributed by atoms with van der Waals surface area (Å²) in [6, 6.07) is 18.0. The molecule has 0 saturated heterocycles. The van der Waals surface area contributed by atoms with Crippen LogP contribution in [0.15, 0.2) is 54.6 Å². The number of benzene rings is 2. The maximum atomic E-state index is 5.21. The van der Waals surface area contributed by atoms with E-state index in [0.29, 0.717) is 5.82 Å². The Morgan fingerprint density at radius 1 is 0.964 bits per heavy atom. The number of aryl methyl sites for hydroxylation is 1. The van der Waals surface area contributed by atoms with Crippen molar-refractivity contribution in [3.63, 3.8) is 0 Å². The van der Waals surface area contributed by atoms with Crippen molar-refractivity contribution in [1.29, 1.82) is 0 Å². The molecule has 138 valence electrons. The molecule has 0 unspecified atom stereocenters. The van der Waals surface area contributed by atoms with E-state index in [1.807, 2.05) is 30.3 Å². The number of aromatic nitrogens is 6. The normalized spacial score (nSPS) is 11.2. The minimum atomic E-state index is 0.636. The predicted molar refractivity (Wildman–Crippen MR) is 108 cm³/mol. The molecule has 0 fully saturated rings. The van der Waals surface area contributed by atoms with Crippen molar-refractivity contribution < 1.29 is 4.74 Å². The molecular formula is C20H16N6OS. The van der Waals surface area contributed by atoms with E-state index in [9.17, 15) is 0 Å². The van der Waals surface area contributed by atoms with Crippen LogP contribution in [0.4, 0.5) is 0 Å². The Labute approximate surface area is 164 Å². The van der Waals surface area contributed by atoms with Crippen LogP contribution in [-0.4, -0.2) is 37.1 Å². The fourth-order valence-electron chi connectivity index (χ4n) is 2.94. The van der Waals surface area contributed by atoms with Gasteiger partial charge < -0.3 is 4.74 Å². The highest BCUT2D eigenvalue weighted by molar-refractivity contribution is 7.19. The van der Waals surface area contributed by atoms with E-state index in [1.54, 1.807) is 11.6 Å². The Bertz CT molecular complexity index is 1250. The molecule has 3 heterocycles. The molecule has 0 saturated carbocycles. The minimum absolute atomic E-state index is 0.636. The molecular weight excluding hydrogens is 372 g/mol. The van der Waals surface area contributed by atoms with E-state index in [1.165, 1.54) is 16.9 Å². The fraction of sp³-hybridized carbons (Fsp3) is 0.100. The standard InChI is InChI=1S/C20H16N6OS/c1-12-3-5-14(6-4-12)19-25-26-18(23-24-20(26)28-19)17-11-16(21-22-17)13-7-9-15(27-2)10-8-13/h3-11H,1-2H3,(H,21,22). The van der Waals surface area contributed by atoms with Crippen LogP contribution in [0, 0.1) is 6.92 Å². The number of aromatic amines is 1. The van der Waals surface area contributed by atoms with Gasteiger partial charge in [-0.2, -0.15) is 14.7 Å². The van der Waals surface area contributed by atoms with Gasteiger partial charge in [0.1, 0.15) is 16.5 Å². The van der Waals surface area contributed by atoms with E-state index in [0.717, 1.165) is 38.2 Å². The first-order valence-electron chi connectivity index (χ1n) is 8.71. The topological polar surface area (TPSA) is 81.0 Å². The molecule has 5 rings (SSSR count). The van der Waals surface area contributed by atoms with Crippen LogP contribution in [-0.2, 0) is 0 Å². The van der Waals surface area contributed by atoms with Crippen molar-refractivity contribution in [2.24, 2.45) is 0 Å². The van der Waals surface area contributed by atoms with Crippen molar-refractivity contribution in [2.45, 2.75) is 6.92 Å². The highest BCUT2D eigenvalue weighted by atomic mass is 32.1. The maximum absolute atomic E-state index is 5.21. The number of methoxy groups -OCH3 is 1. The Hall–Kier alpha value is -3.52. The molecule has 5 aromatic rings. The zero-order valence-electron chi connectivity index (χ0n) is 15.2. The monoisotopic (exact) mass is 388 g/mol. The Morgan fingerprint density at radius 3 is 2.46 bits per heavy atom. The largest absolute Gasteiger partial charge is 0.497 e. The summed E-state index contributed by atoms with van der Waals surface area (Å²) >= 11 is 1.51. The number of ether oxygens (including phenoxy) is 1. The molecule has 0 spiro atoms. The second-order valence-corrected chi connectivity index (χ2v) is 7.34. The summed E-state index contributed by atoms with van der Waals surface area (Å²) < 4.78 is 6.96. The smallest absolute Gasteiger partial charge is 0.235 e.